The standard InChI is InChI=1S/C15H16ClNO3/c1-19-15(18)9-20-8-14(17)12-6-7-13(16)11-5-3-2-4-10(11)12/h2-7,14H,8-9,17H2,1H3. The molecule has 0 aliphatic rings. The van der Waals surface area contributed by atoms with Crippen LogP contribution in [0.25, 0.3) is 10.8 Å². The average Bonchev–Trinajstić information content (AvgIpc) is 2.47. The molecule has 0 saturated carbocycles. The quantitative estimate of drug-likeness (QED) is 0.861. The molecular weight excluding hydrogens is 278 g/mol. The molecule has 0 amide bonds. The van der Waals surface area contributed by atoms with Crippen LogP contribution in [-0.4, -0.2) is 26.3 Å². The summed E-state index contributed by atoms with van der Waals surface area (Å²) in [5.74, 6) is -0.418. The minimum Gasteiger partial charge on any atom is -0.467 e. The van der Waals surface area contributed by atoms with Gasteiger partial charge in [0.1, 0.15) is 6.61 Å². The molecule has 4 nitrogen and oxygen atoms in total. The molecule has 2 rings (SSSR count). The number of hydrogen-bond donors (Lipinski definition) is 1. The Morgan fingerprint density at radius 3 is 2.65 bits per heavy atom. The number of nitrogens with two attached hydrogens (primary N) is 1. The number of carbonyl (C=O) groups is 1. The highest BCUT2D eigenvalue weighted by Crippen LogP contribution is 2.29. The van der Waals surface area contributed by atoms with Crippen molar-refractivity contribution in [2.75, 3.05) is 20.3 Å². The molecule has 20 heavy (non-hydrogen) atoms. The largest absolute Gasteiger partial charge is 0.467 e. The summed E-state index contributed by atoms with van der Waals surface area (Å²) in [6.07, 6.45) is 0. The number of rotatable bonds is 5. The maximum atomic E-state index is 11.0. The van der Waals surface area contributed by atoms with Crippen molar-refractivity contribution < 1.29 is 14.3 Å². The third-order valence-corrected chi connectivity index (χ3v) is 3.38. The first kappa shape index (κ1) is 14.8. The second-order valence-electron chi connectivity index (χ2n) is 4.38. The molecule has 0 bridgehead atoms. The van der Waals surface area contributed by atoms with E-state index < -0.39 is 5.97 Å². The molecule has 0 spiro atoms. The summed E-state index contributed by atoms with van der Waals surface area (Å²) in [6.45, 7) is 0.135. The minimum atomic E-state index is -0.418. The molecule has 106 valence electrons. The Morgan fingerprint density at radius 2 is 1.95 bits per heavy atom. The van der Waals surface area contributed by atoms with E-state index in [4.69, 9.17) is 22.1 Å². The molecule has 5 heteroatoms. The first-order valence-corrected chi connectivity index (χ1v) is 6.58. The van der Waals surface area contributed by atoms with E-state index in [9.17, 15) is 4.79 Å². The Balaban J connectivity index is 2.16. The second-order valence-corrected chi connectivity index (χ2v) is 4.79. The lowest BCUT2D eigenvalue weighted by molar-refractivity contribution is -0.146. The number of fused-ring (bicyclic) bond motifs is 1. The van der Waals surface area contributed by atoms with Gasteiger partial charge >= 0.3 is 5.97 Å². The van der Waals surface area contributed by atoms with Gasteiger partial charge in [-0.2, -0.15) is 0 Å². The second kappa shape index (κ2) is 6.70. The van der Waals surface area contributed by atoms with E-state index in [-0.39, 0.29) is 19.3 Å². The van der Waals surface area contributed by atoms with Gasteiger partial charge < -0.3 is 15.2 Å². The topological polar surface area (TPSA) is 61.5 Å². The van der Waals surface area contributed by atoms with Crippen LogP contribution in [0.1, 0.15) is 11.6 Å². The molecule has 2 aromatic rings. The molecule has 0 aliphatic carbocycles. The Kier molecular flexibility index (Phi) is 4.95. The van der Waals surface area contributed by atoms with Crippen molar-refractivity contribution >= 4 is 28.3 Å². The third kappa shape index (κ3) is 3.28. The lowest BCUT2D eigenvalue weighted by atomic mass is 9.99. The zero-order valence-corrected chi connectivity index (χ0v) is 11.9. The van der Waals surface area contributed by atoms with Crippen molar-refractivity contribution in [3.63, 3.8) is 0 Å². The lowest BCUT2D eigenvalue weighted by Gasteiger charge is -2.15. The fourth-order valence-electron chi connectivity index (χ4n) is 2.03. The van der Waals surface area contributed by atoms with Crippen molar-refractivity contribution in [1.82, 2.24) is 0 Å². The highest BCUT2D eigenvalue weighted by atomic mass is 35.5. The monoisotopic (exact) mass is 293 g/mol. The van der Waals surface area contributed by atoms with Crippen LogP contribution >= 0.6 is 11.6 Å². The van der Waals surface area contributed by atoms with Gasteiger partial charge in [-0.3, -0.25) is 0 Å². The molecule has 0 aromatic heterocycles. The normalized spacial score (nSPS) is 12.3. The molecule has 0 aliphatic heterocycles. The number of hydrogen-bond acceptors (Lipinski definition) is 4. The Morgan fingerprint density at radius 1 is 1.25 bits per heavy atom. The molecule has 0 saturated heterocycles. The van der Waals surface area contributed by atoms with Crippen LogP contribution in [0.2, 0.25) is 5.02 Å². The van der Waals surface area contributed by atoms with Gasteiger partial charge in [0.15, 0.2) is 0 Å². The predicted octanol–water partition coefficient (Wildman–Crippen LogP) is 2.68. The van der Waals surface area contributed by atoms with Crippen molar-refractivity contribution in [2.45, 2.75) is 6.04 Å². The smallest absolute Gasteiger partial charge is 0.331 e. The number of esters is 1. The van der Waals surface area contributed by atoms with E-state index in [0.717, 1.165) is 16.3 Å². The van der Waals surface area contributed by atoms with Crippen LogP contribution < -0.4 is 5.73 Å². The first-order chi connectivity index (χ1) is 9.63. The highest BCUT2D eigenvalue weighted by molar-refractivity contribution is 6.35. The van der Waals surface area contributed by atoms with Gasteiger partial charge in [-0.1, -0.05) is 41.9 Å². The van der Waals surface area contributed by atoms with Gasteiger partial charge in [-0.25, -0.2) is 4.79 Å². The van der Waals surface area contributed by atoms with E-state index >= 15 is 0 Å². The first-order valence-electron chi connectivity index (χ1n) is 6.20. The van der Waals surface area contributed by atoms with Gasteiger partial charge in [0.2, 0.25) is 0 Å². The van der Waals surface area contributed by atoms with Crippen LogP contribution in [0.15, 0.2) is 36.4 Å². The number of carbonyl (C=O) groups excluding carboxylic acids is 1. The Bertz CT molecular complexity index is 615. The Hall–Kier alpha value is -1.62. The SMILES string of the molecule is COC(=O)COCC(N)c1ccc(Cl)c2ccccc12. The van der Waals surface area contributed by atoms with Gasteiger partial charge in [0, 0.05) is 10.4 Å². The Labute approximate surface area is 122 Å². The highest BCUT2D eigenvalue weighted by Gasteiger charge is 2.12. The van der Waals surface area contributed by atoms with Crippen LogP contribution in [-0.2, 0) is 14.3 Å². The average molecular weight is 294 g/mol. The zero-order valence-electron chi connectivity index (χ0n) is 11.1. The number of benzene rings is 2. The predicted molar refractivity (Wildman–Crippen MR) is 78.7 cm³/mol. The third-order valence-electron chi connectivity index (χ3n) is 3.05. The summed E-state index contributed by atoms with van der Waals surface area (Å²) in [5.41, 5.74) is 7.06. The summed E-state index contributed by atoms with van der Waals surface area (Å²) in [7, 11) is 1.32. The summed E-state index contributed by atoms with van der Waals surface area (Å²) < 4.78 is 9.75. The molecule has 0 heterocycles. The fraction of sp³-hybridized carbons (Fsp3) is 0.267. The summed E-state index contributed by atoms with van der Waals surface area (Å²) in [4.78, 5) is 11.0. The summed E-state index contributed by atoms with van der Waals surface area (Å²) in [6, 6.07) is 11.2. The summed E-state index contributed by atoms with van der Waals surface area (Å²) in [5, 5.41) is 2.64. The minimum absolute atomic E-state index is 0.101. The van der Waals surface area contributed by atoms with E-state index in [1.54, 1.807) is 0 Å². The van der Waals surface area contributed by atoms with E-state index in [1.165, 1.54) is 7.11 Å². The number of ether oxygens (including phenoxy) is 2. The van der Waals surface area contributed by atoms with E-state index in [1.807, 2.05) is 36.4 Å². The molecule has 0 radical (unpaired) electrons. The van der Waals surface area contributed by atoms with Crippen molar-refractivity contribution in [3.05, 3.63) is 47.0 Å². The van der Waals surface area contributed by atoms with Gasteiger partial charge in [0.05, 0.1) is 19.8 Å². The van der Waals surface area contributed by atoms with E-state index in [0.29, 0.717) is 5.02 Å². The van der Waals surface area contributed by atoms with Crippen LogP contribution in [0.5, 0.6) is 0 Å². The lowest BCUT2D eigenvalue weighted by Crippen LogP contribution is -2.20. The number of methoxy groups -OCH3 is 1. The van der Waals surface area contributed by atoms with Crippen molar-refractivity contribution in [1.29, 1.82) is 0 Å². The van der Waals surface area contributed by atoms with Crippen molar-refractivity contribution in [2.24, 2.45) is 5.73 Å². The summed E-state index contributed by atoms with van der Waals surface area (Å²) >= 11 is 6.17. The van der Waals surface area contributed by atoms with Crippen LogP contribution in [0, 0.1) is 0 Å². The van der Waals surface area contributed by atoms with Crippen LogP contribution in [0.3, 0.4) is 0 Å². The molecule has 0 fully saturated rings. The molecule has 1 atom stereocenters. The maximum absolute atomic E-state index is 11.0. The molecule has 2 N–H and O–H groups in total. The number of halogens is 1. The van der Waals surface area contributed by atoms with Gasteiger partial charge in [-0.15, -0.1) is 0 Å². The van der Waals surface area contributed by atoms with E-state index in [2.05, 4.69) is 4.74 Å². The zero-order chi connectivity index (χ0) is 14.5. The van der Waals surface area contributed by atoms with Gasteiger partial charge in [0.25, 0.3) is 0 Å². The van der Waals surface area contributed by atoms with Crippen molar-refractivity contribution in [3.8, 4) is 0 Å². The fourth-order valence-corrected chi connectivity index (χ4v) is 2.25. The van der Waals surface area contributed by atoms with Crippen LogP contribution in [0.4, 0.5) is 0 Å². The maximum Gasteiger partial charge on any atom is 0.331 e. The molecular formula is C15H16ClNO3. The van der Waals surface area contributed by atoms with Gasteiger partial charge in [-0.05, 0) is 17.0 Å². The molecule has 1 unspecified atom stereocenters. The molecule has 2 aromatic carbocycles.